The Kier molecular flexibility index (Phi) is 3.52. The number of nitrogens with zero attached hydrogens (tertiary/aromatic N) is 2. The highest BCUT2D eigenvalue weighted by molar-refractivity contribution is 5.96. The van der Waals surface area contributed by atoms with Crippen molar-refractivity contribution < 1.29 is 10.2 Å². The Labute approximate surface area is 147 Å². The van der Waals surface area contributed by atoms with Gasteiger partial charge in [0.15, 0.2) is 11.5 Å². The topological polar surface area (TPSA) is 68.6 Å². The van der Waals surface area contributed by atoms with E-state index >= 15 is 0 Å². The SMILES string of the molecule is Oc1cc2nc3c(c(N[C@H]4CCN(C5CCC5)C4)c2cc1O)CCC3. The number of rotatable bonds is 3. The highest BCUT2D eigenvalue weighted by atomic mass is 16.3. The molecule has 0 amide bonds. The molecular weight excluding hydrogens is 314 g/mol. The zero-order valence-electron chi connectivity index (χ0n) is 14.5. The summed E-state index contributed by atoms with van der Waals surface area (Å²) in [6.07, 6.45) is 8.43. The molecule has 0 spiro atoms. The first-order valence-corrected chi connectivity index (χ1v) is 9.57. The summed E-state index contributed by atoms with van der Waals surface area (Å²) in [7, 11) is 0. The lowest BCUT2D eigenvalue weighted by Crippen LogP contribution is -2.39. The van der Waals surface area contributed by atoms with E-state index in [-0.39, 0.29) is 11.5 Å². The molecule has 5 heteroatoms. The van der Waals surface area contributed by atoms with Gasteiger partial charge in [0, 0.05) is 48.0 Å². The number of aryl methyl sites for hydroxylation is 1. The minimum Gasteiger partial charge on any atom is -0.504 e. The van der Waals surface area contributed by atoms with E-state index in [1.807, 2.05) is 0 Å². The van der Waals surface area contributed by atoms with Crippen molar-refractivity contribution >= 4 is 16.6 Å². The standard InChI is InChI=1S/C20H25N3O2/c24-18-9-15-17(10-19(18)25)22-16-6-2-5-14(16)20(15)21-12-7-8-23(11-12)13-3-1-4-13/h9-10,12-13,24-25H,1-8,11H2,(H,21,22)/t12-/m0/s1. The molecule has 2 aromatic rings. The van der Waals surface area contributed by atoms with Gasteiger partial charge in [0.2, 0.25) is 0 Å². The Morgan fingerprint density at radius 2 is 1.88 bits per heavy atom. The number of aromatic nitrogens is 1. The van der Waals surface area contributed by atoms with Gasteiger partial charge < -0.3 is 15.5 Å². The Bertz CT molecular complexity index is 832. The van der Waals surface area contributed by atoms with Crippen molar-refractivity contribution in [1.29, 1.82) is 0 Å². The number of anilines is 1. The van der Waals surface area contributed by atoms with Crippen molar-refractivity contribution in [1.82, 2.24) is 9.88 Å². The number of phenolic OH excluding ortho intramolecular Hbond substituents is 2. The fourth-order valence-corrected chi connectivity index (χ4v) is 4.64. The van der Waals surface area contributed by atoms with Gasteiger partial charge in [-0.25, -0.2) is 0 Å². The van der Waals surface area contributed by atoms with E-state index in [1.165, 1.54) is 37.8 Å². The van der Waals surface area contributed by atoms with Gasteiger partial charge in [-0.1, -0.05) is 6.42 Å². The van der Waals surface area contributed by atoms with Crippen LogP contribution in [0.15, 0.2) is 12.1 Å². The molecule has 2 heterocycles. The third-order valence-electron chi connectivity index (χ3n) is 6.27. The lowest BCUT2D eigenvalue weighted by atomic mass is 9.92. The number of phenols is 2. The summed E-state index contributed by atoms with van der Waals surface area (Å²) in [5.74, 6) is -0.168. The van der Waals surface area contributed by atoms with Gasteiger partial charge in [0.1, 0.15) is 0 Å². The Balaban J connectivity index is 1.50. The van der Waals surface area contributed by atoms with E-state index in [1.54, 1.807) is 12.1 Å². The quantitative estimate of drug-likeness (QED) is 0.750. The highest BCUT2D eigenvalue weighted by Crippen LogP contribution is 2.39. The van der Waals surface area contributed by atoms with Crippen molar-refractivity contribution in [2.75, 3.05) is 18.4 Å². The summed E-state index contributed by atoms with van der Waals surface area (Å²) >= 11 is 0. The van der Waals surface area contributed by atoms with Crippen LogP contribution in [0.4, 0.5) is 5.69 Å². The van der Waals surface area contributed by atoms with E-state index in [9.17, 15) is 10.2 Å². The minimum absolute atomic E-state index is 0.0715. The number of aromatic hydroxyl groups is 2. The van der Waals surface area contributed by atoms with Crippen LogP contribution in [-0.2, 0) is 12.8 Å². The number of benzene rings is 1. The maximum Gasteiger partial charge on any atom is 0.159 e. The maximum atomic E-state index is 9.99. The summed E-state index contributed by atoms with van der Waals surface area (Å²) in [5.41, 5.74) is 4.36. The number of pyridine rings is 1. The van der Waals surface area contributed by atoms with Gasteiger partial charge in [-0.15, -0.1) is 0 Å². The predicted octanol–water partition coefficient (Wildman–Crippen LogP) is 3.17. The average Bonchev–Trinajstić information content (AvgIpc) is 3.17. The molecule has 1 saturated carbocycles. The minimum atomic E-state index is -0.0964. The molecule has 1 atom stereocenters. The Morgan fingerprint density at radius 3 is 2.68 bits per heavy atom. The number of hydrogen-bond donors (Lipinski definition) is 3. The average molecular weight is 339 g/mol. The van der Waals surface area contributed by atoms with Crippen LogP contribution in [0.5, 0.6) is 11.5 Å². The van der Waals surface area contributed by atoms with Gasteiger partial charge in [0.05, 0.1) is 5.52 Å². The van der Waals surface area contributed by atoms with Crippen molar-refractivity contribution in [3.05, 3.63) is 23.4 Å². The van der Waals surface area contributed by atoms with Crippen LogP contribution in [0.25, 0.3) is 10.9 Å². The van der Waals surface area contributed by atoms with E-state index in [4.69, 9.17) is 4.98 Å². The van der Waals surface area contributed by atoms with E-state index in [2.05, 4.69) is 10.2 Å². The molecule has 1 aromatic heterocycles. The molecule has 3 aliphatic rings. The molecule has 5 rings (SSSR count). The predicted molar refractivity (Wildman–Crippen MR) is 98.3 cm³/mol. The van der Waals surface area contributed by atoms with Gasteiger partial charge in [-0.3, -0.25) is 9.88 Å². The van der Waals surface area contributed by atoms with E-state index in [0.717, 1.165) is 54.1 Å². The monoisotopic (exact) mass is 339 g/mol. The second kappa shape index (κ2) is 5.77. The van der Waals surface area contributed by atoms with Gasteiger partial charge >= 0.3 is 0 Å². The van der Waals surface area contributed by atoms with Crippen LogP contribution in [0, 0.1) is 0 Å². The molecule has 25 heavy (non-hydrogen) atoms. The van der Waals surface area contributed by atoms with Crippen molar-refractivity contribution in [3.8, 4) is 11.5 Å². The fourth-order valence-electron chi connectivity index (χ4n) is 4.64. The van der Waals surface area contributed by atoms with Crippen molar-refractivity contribution in [2.24, 2.45) is 0 Å². The Hall–Kier alpha value is -2.01. The van der Waals surface area contributed by atoms with Gasteiger partial charge in [0.25, 0.3) is 0 Å². The fraction of sp³-hybridized carbons (Fsp3) is 0.550. The molecule has 1 aliphatic heterocycles. The zero-order valence-corrected chi connectivity index (χ0v) is 14.5. The summed E-state index contributed by atoms with van der Waals surface area (Å²) in [4.78, 5) is 7.37. The number of likely N-dealkylation sites (tertiary alicyclic amines) is 1. The van der Waals surface area contributed by atoms with Crippen LogP contribution in [-0.4, -0.2) is 45.3 Å². The van der Waals surface area contributed by atoms with E-state index < -0.39 is 0 Å². The second-order valence-corrected chi connectivity index (χ2v) is 7.83. The molecular formula is C20H25N3O2. The number of nitrogens with one attached hydrogen (secondary N) is 1. The molecule has 1 aromatic carbocycles. The van der Waals surface area contributed by atoms with Crippen LogP contribution >= 0.6 is 0 Å². The Morgan fingerprint density at radius 1 is 1.04 bits per heavy atom. The third-order valence-corrected chi connectivity index (χ3v) is 6.27. The molecule has 3 N–H and O–H groups in total. The largest absolute Gasteiger partial charge is 0.504 e. The first kappa shape index (κ1) is 15.3. The van der Waals surface area contributed by atoms with Crippen molar-refractivity contribution in [3.63, 3.8) is 0 Å². The molecule has 132 valence electrons. The highest BCUT2D eigenvalue weighted by Gasteiger charge is 2.32. The summed E-state index contributed by atoms with van der Waals surface area (Å²) in [6.45, 7) is 2.28. The smallest absolute Gasteiger partial charge is 0.159 e. The molecule has 1 saturated heterocycles. The van der Waals surface area contributed by atoms with Crippen LogP contribution < -0.4 is 5.32 Å². The van der Waals surface area contributed by atoms with Crippen LogP contribution in [0.3, 0.4) is 0 Å². The van der Waals surface area contributed by atoms with E-state index in [0.29, 0.717) is 6.04 Å². The molecule has 2 fully saturated rings. The first-order chi connectivity index (χ1) is 12.2. The molecule has 5 nitrogen and oxygen atoms in total. The van der Waals surface area contributed by atoms with Crippen LogP contribution in [0.2, 0.25) is 0 Å². The first-order valence-electron chi connectivity index (χ1n) is 9.57. The van der Waals surface area contributed by atoms with Gasteiger partial charge in [-0.05, 0) is 50.2 Å². The molecule has 2 aliphatic carbocycles. The molecule has 0 bridgehead atoms. The number of hydrogen-bond acceptors (Lipinski definition) is 5. The normalized spacial score (nSPS) is 23.8. The van der Waals surface area contributed by atoms with Crippen molar-refractivity contribution in [2.45, 2.75) is 57.0 Å². The second-order valence-electron chi connectivity index (χ2n) is 7.83. The molecule has 0 unspecified atom stereocenters. The summed E-state index contributed by atoms with van der Waals surface area (Å²) in [6, 6.07) is 4.50. The maximum absolute atomic E-state index is 9.99. The lowest BCUT2D eigenvalue weighted by Gasteiger charge is -2.34. The third kappa shape index (κ3) is 2.53. The number of fused-ring (bicyclic) bond motifs is 2. The van der Waals surface area contributed by atoms with Gasteiger partial charge in [-0.2, -0.15) is 0 Å². The summed E-state index contributed by atoms with van der Waals surface area (Å²) < 4.78 is 0. The summed E-state index contributed by atoms with van der Waals surface area (Å²) in [5, 5.41) is 24.6. The molecule has 0 radical (unpaired) electrons. The van der Waals surface area contributed by atoms with Crippen LogP contribution in [0.1, 0.15) is 43.4 Å². The zero-order chi connectivity index (χ0) is 17.0. The lowest BCUT2D eigenvalue weighted by molar-refractivity contribution is 0.158.